The highest BCUT2D eigenvalue weighted by Crippen LogP contribution is 2.38. The molecule has 4 N–H and O–H groups in total. The van der Waals surface area contributed by atoms with Gasteiger partial charge in [0.1, 0.15) is 11.5 Å². The van der Waals surface area contributed by atoms with Gasteiger partial charge in [-0.2, -0.15) is 0 Å². The van der Waals surface area contributed by atoms with E-state index in [-0.39, 0.29) is 24.1 Å². The molecule has 0 bridgehead atoms. The van der Waals surface area contributed by atoms with Crippen LogP contribution in [0, 0.1) is 5.92 Å². The molecule has 0 amide bonds. The maximum absolute atomic E-state index is 10.4. The van der Waals surface area contributed by atoms with E-state index < -0.39 is 12.1 Å². The first-order valence-corrected chi connectivity index (χ1v) is 6.94. The fraction of sp³-hybridized carbons (Fsp3) is 0.600. The first kappa shape index (κ1) is 17.1. The average molecular weight is 302 g/mol. The highest BCUT2D eigenvalue weighted by molar-refractivity contribution is 5.85. The van der Waals surface area contributed by atoms with Crippen LogP contribution < -0.4 is 10.5 Å². The van der Waals surface area contributed by atoms with Gasteiger partial charge in [-0.25, -0.2) is 0 Å². The second-order valence-corrected chi connectivity index (χ2v) is 5.31. The summed E-state index contributed by atoms with van der Waals surface area (Å²) < 4.78 is 5.23. The van der Waals surface area contributed by atoms with Crippen LogP contribution in [0.15, 0.2) is 18.2 Å². The Morgan fingerprint density at radius 3 is 2.50 bits per heavy atom. The zero-order valence-electron chi connectivity index (χ0n) is 11.8. The van der Waals surface area contributed by atoms with Crippen LogP contribution in [0.5, 0.6) is 11.5 Å². The molecule has 0 spiro atoms. The first-order chi connectivity index (χ1) is 9.15. The number of aromatic hydroxyl groups is 1. The van der Waals surface area contributed by atoms with Crippen LogP contribution in [-0.4, -0.2) is 23.4 Å². The molecule has 0 saturated heterocycles. The fourth-order valence-electron chi connectivity index (χ4n) is 2.99. The number of benzene rings is 1. The quantitative estimate of drug-likeness (QED) is 0.799. The lowest BCUT2D eigenvalue weighted by atomic mass is 9.81. The van der Waals surface area contributed by atoms with E-state index in [0.29, 0.717) is 11.3 Å². The lowest BCUT2D eigenvalue weighted by Gasteiger charge is -2.31. The lowest BCUT2D eigenvalue weighted by molar-refractivity contribution is 0.0603. The molecule has 1 fully saturated rings. The summed E-state index contributed by atoms with van der Waals surface area (Å²) in [5.74, 6) is 0.831. The van der Waals surface area contributed by atoms with Crippen molar-refractivity contribution in [2.45, 2.75) is 44.2 Å². The number of phenolic OH excluding ortho intramolecular Hbond substituents is 1. The van der Waals surface area contributed by atoms with Gasteiger partial charge in [0, 0.05) is 0 Å². The van der Waals surface area contributed by atoms with Crippen molar-refractivity contribution in [2.75, 3.05) is 7.11 Å². The number of hydrogen-bond acceptors (Lipinski definition) is 4. The summed E-state index contributed by atoms with van der Waals surface area (Å²) >= 11 is 0. The van der Waals surface area contributed by atoms with Crippen molar-refractivity contribution in [1.29, 1.82) is 0 Å². The van der Waals surface area contributed by atoms with E-state index in [1.807, 2.05) is 0 Å². The van der Waals surface area contributed by atoms with Gasteiger partial charge < -0.3 is 20.7 Å². The molecule has 1 aromatic rings. The third-order valence-electron chi connectivity index (χ3n) is 4.10. The average Bonchev–Trinajstić information content (AvgIpc) is 2.46. The number of halogens is 1. The molecule has 2 atom stereocenters. The maximum atomic E-state index is 10.4. The molecule has 4 nitrogen and oxygen atoms in total. The Labute approximate surface area is 126 Å². The van der Waals surface area contributed by atoms with Gasteiger partial charge in [0.25, 0.3) is 0 Å². The van der Waals surface area contributed by atoms with Crippen molar-refractivity contribution in [3.63, 3.8) is 0 Å². The van der Waals surface area contributed by atoms with Crippen molar-refractivity contribution in [2.24, 2.45) is 11.7 Å². The van der Waals surface area contributed by atoms with E-state index in [1.165, 1.54) is 13.5 Å². The number of nitrogens with two attached hydrogens (primary N) is 1. The molecule has 114 valence electrons. The second-order valence-electron chi connectivity index (χ2n) is 5.31. The van der Waals surface area contributed by atoms with Crippen LogP contribution in [0.2, 0.25) is 0 Å². The smallest absolute Gasteiger partial charge is 0.127 e. The number of aliphatic hydroxyl groups excluding tert-OH is 1. The molecule has 0 aliphatic heterocycles. The van der Waals surface area contributed by atoms with Crippen LogP contribution in [0.4, 0.5) is 0 Å². The van der Waals surface area contributed by atoms with E-state index >= 15 is 0 Å². The van der Waals surface area contributed by atoms with Crippen molar-refractivity contribution < 1.29 is 14.9 Å². The Morgan fingerprint density at radius 1 is 1.25 bits per heavy atom. The van der Waals surface area contributed by atoms with E-state index in [4.69, 9.17) is 10.5 Å². The number of methoxy groups -OCH3 is 1. The SMILES string of the molecule is COc1cccc(O)c1[C@@H](N)[C@@H](O)C1CCCCC1.Cl. The number of ether oxygens (including phenoxy) is 1. The molecule has 5 heteroatoms. The Hall–Kier alpha value is -0.970. The van der Waals surface area contributed by atoms with E-state index in [1.54, 1.807) is 18.2 Å². The number of phenols is 1. The predicted octanol–water partition coefficient (Wildman–Crippen LogP) is 2.76. The van der Waals surface area contributed by atoms with E-state index in [9.17, 15) is 10.2 Å². The molecule has 2 rings (SSSR count). The number of hydrogen-bond donors (Lipinski definition) is 3. The molecule has 0 heterocycles. The fourth-order valence-corrected chi connectivity index (χ4v) is 2.99. The molecule has 0 unspecified atom stereocenters. The molecule has 0 aromatic heterocycles. The van der Waals surface area contributed by atoms with Crippen molar-refractivity contribution >= 4 is 12.4 Å². The first-order valence-electron chi connectivity index (χ1n) is 6.94. The summed E-state index contributed by atoms with van der Waals surface area (Å²) in [7, 11) is 1.54. The molecule has 1 aromatic carbocycles. The molecular formula is C15H24ClNO3. The minimum absolute atomic E-state index is 0. The Kier molecular flexibility index (Phi) is 6.59. The second kappa shape index (κ2) is 7.72. The Bertz CT molecular complexity index is 422. The summed E-state index contributed by atoms with van der Waals surface area (Å²) in [6.45, 7) is 0. The van der Waals surface area contributed by atoms with E-state index in [0.717, 1.165) is 25.7 Å². The maximum Gasteiger partial charge on any atom is 0.127 e. The minimum atomic E-state index is -0.637. The van der Waals surface area contributed by atoms with Gasteiger partial charge in [-0.05, 0) is 30.9 Å². The molecule has 1 aliphatic rings. The van der Waals surface area contributed by atoms with Gasteiger partial charge in [0.05, 0.1) is 24.8 Å². The minimum Gasteiger partial charge on any atom is -0.507 e. The third-order valence-corrected chi connectivity index (χ3v) is 4.10. The largest absolute Gasteiger partial charge is 0.507 e. The molecule has 1 saturated carbocycles. The highest BCUT2D eigenvalue weighted by atomic mass is 35.5. The molecule has 1 aliphatic carbocycles. The van der Waals surface area contributed by atoms with Crippen LogP contribution in [0.1, 0.15) is 43.7 Å². The van der Waals surface area contributed by atoms with Crippen LogP contribution in [0.3, 0.4) is 0 Å². The van der Waals surface area contributed by atoms with Gasteiger partial charge in [-0.3, -0.25) is 0 Å². The van der Waals surface area contributed by atoms with Crippen LogP contribution in [0.25, 0.3) is 0 Å². The van der Waals surface area contributed by atoms with Crippen molar-refractivity contribution in [3.8, 4) is 11.5 Å². The Balaban J connectivity index is 0.00000200. The van der Waals surface area contributed by atoms with Gasteiger partial charge in [0.2, 0.25) is 0 Å². The van der Waals surface area contributed by atoms with Crippen LogP contribution in [-0.2, 0) is 0 Å². The van der Waals surface area contributed by atoms with Crippen molar-refractivity contribution in [1.82, 2.24) is 0 Å². The van der Waals surface area contributed by atoms with E-state index in [2.05, 4.69) is 0 Å². The zero-order chi connectivity index (χ0) is 13.8. The summed E-state index contributed by atoms with van der Waals surface area (Å²) in [6.07, 6.45) is 4.90. The third kappa shape index (κ3) is 3.57. The monoisotopic (exact) mass is 301 g/mol. The van der Waals surface area contributed by atoms with Gasteiger partial charge >= 0.3 is 0 Å². The van der Waals surface area contributed by atoms with Gasteiger partial charge in [0.15, 0.2) is 0 Å². The topological polar surface area (TPSA) is 75.7 Å². The normalized spacial score (nSPS) is 18.9. The molecule has 20 heavy (non-hydrogen) atoms. The molecule has 0 radical (unpaired) electrons. The molecular weight excluding hydrogens is 278 g/mol. The predicted molar refractivity (Wildman–Crippen MR) is 81.4 cm³/mol. The highest BCUT2D eigenvalue weighted by Gasteiger charge is 2.30. The summed E-state index contributed by atoms with van der Waals surface area (Å²) in [6, 6.07) is 4.42. The zero-order valence-corrected chi connectivity index (χ0v) is 12.6. The van der Waals surface area contributed by atoms with Crippen molar-refractivity contribution in [3.05, 3.63) is 23.8 Å². The lowest BCUT2D eigenvalue weighted by Crippen LogP contribution is -2.34. The Morgan fingerprint density at radius 2 is 1.90 bits per heavy atom. The van der Waals surface area contributed by atoms with Gasteiger partial charge in [-0.15, -0.1) is 12.4 Å². The van der Waals surface area contributed by atoms with Gasteiger partial charge in [-0.1, -0.05) is 25.3 Å². The standard InChI is InChI=1S/C15H23NO3.ClH/c1-19-12-9-5-8-11(17)13(12)14(16)15(18)10-6-3-2-4-7-10;/h5,8-10,14-15,17-18H,2-4,6-7,16H2,1H3;1H/t14-,15+;/m1./s1. The number of rotatable bonds is 4. The number of aliphatic hydroxyl groups is 1. The summed E-state index contributed by atoms with van der Waals surface area (Å²) in [5, 5.41) is 20.4. The summed E-state index contributed by atoms with van der Waals surface area (Å²) in [5.41, 5.74) is 6.66. The van der Waals surface area contributed by atoms with Crippen LogP contribution >= 0.6 is 12.4 Å². The summed E-state index contributed by atoms with van der Waals surface area (Å²) in [4.78, 5) is 0.